The van der Waals surface area contributed by atoms with Crippen molar-refractivity contribution in [3.63, 3.8) is 0 Å². The number of hydrogen-bond donors (Lipinski definition) is 2. The lowest BCUT2D eigenvalue weighted by molar-refractivity contribution is -0.184. The van der Waals surface area contributed by atoms with Crippen LogP contribution in [0.25, 0.3) is 0 Å². The molecule has 154 valence electrons. The van der Waals surface area contributed by atoms with E-state index in [1.54, 1.807) is 36.2 Å². The van der Waals surface area contributed by atoms with Crippen molar-refractivity contribution < 1.29 is 19.1 Å². The summed E-state index contributed by atoms with van der Waals surface area (Å²) < 4.78 is 20.2. The Kier molecular flexibility index (Phi) is 7.59. The van der Waals surface area contributed by atoms with Crippen molar-refractivity contribution in [2.75, 3.05) is 26.3 Å². The molecule has 2 aromatic rings. The number of rotatable bonds is 6. The lowest BCUT2D eigenvalue weighted by Gasteiger charge is -2.31. The van der Waals surface area contributed by atoms with Crippen molar-refractivity contribution in [3.05, 3.63) is 64.4 Å². The van der Waals surface area contributed by atoms with Crippen LogP contribution in [0.1, 0.15) is 22.8 Å². The molecule has 10 heteroatoms. The molecule has 1 saturated heterocycles. The molecule has 7 nitrogen and oxygen atoms in total. The molecule has 0 radical (unpaired) electrons. The molecule has 0 aliphatic carbocycles. The first-order chi connectivity index (χ1) is 13.9. The number of carbonyl (C=O) groups excluding carboxylic acids is 1. The number of hydrogen-bond acceptors (Lipinski definition) is 7. The number of amides is 1. The molecule has 0 spiro atoms. The zero-order chi connectivity index (χ0) is 20.8. The number of carbonyl (C=O) groups is 1. The number of benzene rings is 2. The third-order valence-corrected chi connectivity index (χ3v) is 5.25. The highest BCUT2D eigenvalue weighted by atomic mass is 35.5. The molecular formula is C19H20ClFN4O3S. The van der Waals surface area contributed by atoms with Gasteiger partial charge in [0, 0.05) is 46.1 Å². The van der Waals surface area contributed by atoms with Gasteiger partial charge in [0.25, 0.3) is 5.91 Å². The van der Waals surface area contributed by atoms with E-state index in [0.717, 1.165) is 16.5 Å². The van der Waals surface area contributed by atoms with Gasteiger partial charge in [-0.05, 0) is 43.3 Å². The van der Waals surface area contributed by atoms with E-state index in [2.05, 4.69) is 10.5 Å². The quantitative estimate of drug-likeness (QED) is 0.408. The van der Waals surface area contributed by atoms with Gasteiger partial charge >= 0.3 is 0 Å². The highest BCUT2D eigenvalue weighted by Crippen LogP contribution is 2.24. The van der Waals surface area contributed by atoms with Crippen LogP contribution in [-0.4, -0.2) is 52.7 Å². The van der Waals surface area contributed by atoms with Gasteiger partial charge in [-0.1, -0.05) is 22.2 Å². The van der Waals surface area contributed by atoms with Crippen molar-refractivity contribution in [2.24, 2.45) is 5.10 Å². The number of halogens is 2. The molecule has 2 aromatic carbocycles. The molecule has 1 aliphatic rings. The smallest absolute Gasteiger partial charge is 0.271 e. The Morgan fingerprint density at radius 2 is 2.07 bits per heavy atom. The standard InChI is InChI=1S/C19H20ClFN4O3S/c1-13(17-12-15(20)5-6-18(17)21)22-23-19(26)14-3-2-4-16(11-14)29-25(27)24-7-9-28-10-8-24/h2-6,11-12,27H,7-10H2,1H3,(H,23,26)/b22-13+. The van der Waals surface area contributed by atoms with Crippen LogP contribution in [0.4, 0.5) is 4.39 Å². The van der Waals surface area contributed by atoms with Crippen LogP contribution >= 0.6 is 23.5 Å². The Hall–Kier alpha value is -2.01. The number of ether oxygens (including phenoxy) is 1. The molecule has 2 N–H and O–H groups in total. The largest absolute Gasteiger partial charge is 0.379 e. The van der Waals surface area contributed by atoms with Crippen LogP contribution in [-0.2, 0) is 4.74 Å². The minimum absolute atomic E-state index is 0.212. The average Bonchev–Trinajstić information content (AvgIpc) is 2.74. The zero-order valence-electron chi connectivity index (χ0n) is 15.6. The maximum Gasteiger partial charge on any atom is 0.271 e. The molecule has 1 heterocycles. The van der Waals surface area contributed by atoms with Crippen LogP contribution < -0.4 is 5.43 Å². The molecule has 0 saturated carbocycles. The van der Waals surface area contributed by atoms with Crippen LogP contribution in [0.2, 0.25) is 5.02 Å². The van der Waals surface area contributed by atoms with Gasteiger partial charge in [0.05, 0.1) is 18.9 Å². The van der Waals surface area contributed by atoms with Gasteiger partial charge in [-0.25, -0.2) is 14.8 Å². The Labute approximate surface area is 177 Å². The van der Waals surface area contributed by atoms with E-state index in [1.807, 2.05) is 0 Å². The summed E-state index contributed by atoms with van der Waals surface area (Å²) >= 11 is 6.97. The molecule has 29 heavy (non-hydrogen) atoms. The fourth-order valence-electron chi connectivity index (χ4n) is 2.61. The topological polar surface area (TPSA) is 77.4 Å². The molecule has 3 rings (SSSR count). The Balaban J connectivity index is 1.65. The fraction of sp³-hybridized carbons (Fsp3) is 0.263. The van der Waals surface area contributed by atoms with E-state index in [0.29, 0.717) is 41.8 Å². The third-order valence-electron chi connectivity index (χ3n) is 4.16. The highest BCUT2D eigenvalue weighted by Gasteiger charge is 2.18. The van der Waals surface area contributed by atoms with E-state index in [9.17, 15) is 14.4 Å². The molecule has 0 bridgehead atoms. The predicted octanol–water partition coefficient (Wildman–Crippen LogP) is 3.58. The number of hydrazine groups is 1. The van der Waals surface area contributed by atoms with Crippen molar-refractivity contribution in [2.45, 2.75) is 11.8 Å². The molecule has 1 fully saturated rings. The van der Waals surface area contributed by atoms with Gasteiger partial charge in [-0.2, -0.15) is 5.10 Å². The summed E-state index contributed by atoms with van der Waals surface area (Å²) in [5, 5.41) is 16.3. The van der Waals surface area contributed by atoms with E-state index in [1.165, 1.54) is 18.2 Å². The van der Waals surface area contributed by atoms with Crippen molar-refractivity contribution in [1.29, 1.82) is 0 Å². The van der Waals surface area contributed by atoms with E-state index >= 15 is 0 Å². The summed E-state index contributed by atoms with van der Waals surface area (Å²) in [6, 6.07) is 10.9. The van der Waals surface area contributed by atoms with Crippen LogP contribution in [0.15, 0.2) is 52.5 Å². The van der Waals surface area contributed by atoms with Gasteiger partial charge in [0.15, 0.2) is 0 Å². The summed E-state index contributed by atoms with van der Waals surface area (Å²) in [6.07, 6.45) is 0. The predicted molar refractivity (Wildman–Crippen MR) is 109 cm³/mol. The first-order valence-electron chi connectivity index (χ1n) is 8.84. The van der Waals surface area contributed by atoms with Gasteiger partial charge in [-0.3, -0.25) is 10.0 Å². The van der Waals surface area contributed by atoms with Crippen molar-refractivity contribution >= 4 is 35.2 Å². The van der Waals surface area contributed by atoms with E-state index in [-0.39, 0.29) is 11.3 Å². The van der Waals surface area contributed by atoms with Crippen molar-refractivity contribution in [1.82, 2.24) is 15.0 Å². The van der Waals surface area contributed by atoms with Gasteiger partial charge in [-0.15, -0.1) is 0 Å². The van der Waals surface area contributed by atoms with Crippen LogP contribution in [0.5, 0.6) is 0 Å². The summed E-state index contributed by atoms with van der Waals surface area (Å²) in [5.41, 5.74) is 3.27. The van der Waals surface area contributed by atoms with Crippen LogP contribution in [0, 0.1) is 5.82 Å². The Bertz CT molecular complexity index is 909. The average molecular weight is 439 g/mol. The number of hydrazone groups is 1. The molecule has 0 unspecified atom stereocenters. The second-order valence-corrected chi connectivity index (χ2v) is 7.62. The molecule has 0 aromatic heterocycles. The minimum atomic E-state index is -0.477. The normalized spacial score (nSPS) is 15.6. The lowest BCUT2D eigenvalue weighted by Crippen LogP contribution is -2.43. The number of nitrogens with zero attached hydrogens (tertiary/aromatic N) is 3. The summed E-state index contributed by atoms with van der Waals surface area (Å²) in [7, 11) is 0. The minimum Gasteiger partial charge on any atom is -0.379 e. The van der Waals surface area contributed by atoms with Gasteiger partial charge in [0.1, 0.15) is 5.82 Å². The second kappa shape index (κ2) is 10.1. The van der Waals surface area contributed by atoms with Crippen LogP contribution in [0.3, 0.4) is 0 Å². The Morgan fingerprint density at radius 3 is 2.83 bits per heavy atom. The summed E-state index contributed by atoms with van der Waals surface area (Å²) in [6.45, 7) is 3.83. The fourth-order valence-corrected chi connectivity index (χ4v) is 3.56. The monoisotopic (exact) mass is 438 g/mol. The zero-order valence-corrected chi connectivity index (χ0v) is 17.2. The SMILES string of the molecule is C/C(=N\NC(=O)c1cccc(SN(O)N2CCOCC2)c1)c1cc(Cl)ccc1F. The lowest BCUT2D eigenvalue weighted by atomic mass is 10.1. The molecule has 0 atom stereocenters. The van der Waals surface area contributed by atoms with E-state index < -0.39 is 11.7 Å². The molecular weight excluding hydrogens is 419 g/mol. The maximum absolute atomic E-state index is 13.9. The van der Waals surface area contributed by atoms with Gasteiger partial charge in [0.2, 0.25) is 0 Å². The first kappa shape index (κ1) is 21.7. The maximum atomic E-state index is 13.9. The Morgan fingerprint density at radius 1 is 1.31 bits per heavy atom. The summed E-state index contributed by atoms with van der Waals surface area (Å²) in [4.78, 5) is 13.1. The second-order valence-electron chi connectivity index (χ2n) is 6.20. The molecule has 1 amide bonds. The van der Waals surface area contributed by atoms with Crippen molar-refractivity contribution in [3.8, 4) is 0 Å². The van der Waals surface area contributed by atoms with Gasteiger partial charge < -0.3 is 4.74 Å². The first-order valence-corrected chi connectivity index (χ1v) is 9.99. The summed E-state index contributed by atoms with van der Waals surface area (Å²) in [5.74, 6) is -0.931. The molecule has 1 aliphatic heterocycles. The number of nitrogens with one attached hydrogen (secondary N) is 1. The van der Waals surface area contributed by atoms with E-state index in [4.69, 9.17) is 16.3 Å². The third kappa shape index (κ3) is 5.99. The highest BCUT2D eigenvalue weighted by molar-refractivity contribution is 7.96. The number of morpholine rings is 1.